The quantitative estimate of drug-likeness (QED) is 0.587. The molecule has 0 atom stereocenters. The minimum atomic E-state index is -0.336. The Hall–Kier alpha value is -3.67. The first-order chi connectivity index (χ1) is 14.1. The van der Waals surface area contributed by atoms with Gasteiger partial charge in [0.05, 0.1) is 19.2 Å². The normalized spacial score (nSPS) is 10.4. The number of amides is 2. The fourth-order valence-electron chi connectivity index (χ4n) is 2.81. The van der Waals surface area contributed by atoms with Gasteiger partial charge in [-0.15, -0.1) is 6.58 Å². The van der Waals surface area contributed by atoms with Gasteiger partial charge in [-0.25, -0.2) is 4.39 Å². The summed E-state index contributed by atoms with van der Waals surface area (Å²) in [6, 6.07) is 16.4. The molecule has 1 N–H and O–H groups in total. The zero-order valence-electron chi connectivity index (χ0n) is 15.8. The molecule has 3 rings (SSSR count). The first kappa shape index (κ1) is 20.1. The van der Waals surface area contributed by atoms with Gasteiger partial charge < -0.3 is 14.6 Å². The van der Waals surface area contributed by atoms with E-state index in [1.165, 1.54) is 18.4 Å². The topological polar surface area (TPSA) is 62.6 Å². The van der Waals surface area contributed by atoms with Gasteiger partial charge >= 0.3 is 0 Å². The molecule has 6 heteroatoms. The average Bonchev–Trinajstić information content (AvgIpc) is 3.27. The molecule has 2 aromatic carbocycles. The molecule has 0 fully saturated rings. The Labute approximate surface area is 168 Å². The van der Waals surface area contributed by atoms with Crippen molar-refractivity contribution in [3.05, 3.63) is 102 Å². The van der Waals surface area contributed by atoms with E-state index in [1.807, 2.05) is 0 Å². The van der Waals surface area contributed by atoms with E-state index in [9.17, 15) is 14.0 Å². The van der Waals surface area contributed by atoms with Crippen molar-refractivity contribution in [1.29, 1.82) is 0 Å². The molecule has 0 aliphatic rings. The number of hydrogen-bond donors (Lipinski definition) is 1. The van der Waals surface area contributed by atoms with E-state index in [-0.39, 0.29) is 36.4 Å². The van der Waals surface area contributed by atoms with E-state index in [2.05, 4.69) is 11.9 Å². The second kappa shape index (κ2) is 9.50. The zero-order valence-corrected chi connectivity index (χ0v) is 15.8. The predicted octanol–water partition coefficient (Wildman–Crippen LogP) is 4.11. The summed E-state index contributed by atoms with van der Waals surface area (Å²) in [6.45, 7) is 4.23. The molecule has 148 valence electrons. The monoisotopic (exact) mass is 392 g/mol. The molecular weight excluding hydrogens is 371 g/mol. The van der Waals surface area contributed by atoms with Gasteiger partial charge in [0.15, 0.2) is 5.76 Å². The first-order valence-electron chi connectivity index (χ1n) is 9.13. The zero-order chi connectivity index (χ0) is 20.6. The number of anilines is 1. The molecule has 0 aliphatic carbocycles. The molecule has 3 aromatic rings. The molecule has 1 heterocycles. The van der Waals surface area contributed by atoms with Crippen molar-refractivity contribution in [3.8, 4) is 0 Å². The number of benzene rings is 2. The van der Waals surface area contributed by atoms with E-state index in [0.29, 0.717) is 12.2 Å². The summed E-state index contributed by atoms with van der Waals surface area (Å²) in [5.41, 5.74) is 2.24. The SMILES string of the molecule is C=CCNC(=O)Cc1ccc(N(Cc2ccc(F)cc2)C(=O)c2ccco2)cc1. The van der Waals surface area contributed by atoms with E-state index in [4.69, 9.17) is 4.42 Å². The predicted molar refractivity (Wildman–Crippen MR) is 109 cm³/mol. The molecule has 0 radical (unpaired) electrons. The summed E-state index contributed by atoms with van der Waals surface area (Å²) < 4.78 is 18.5. The Balaban J connectivity index is 1.81. The second-order valence-corrected chi connectivity index (χ2v) is 6.43. The minimum Gasteiger partial charge on any atom is -0.459 e. The number of rotatable bonds is 8. The van der Waals surface area contributed by atoms with Crippen molar-refractivity contribution in [1.82, 2.24) is 5.32 Å². The van der Waals surface area contributed by atoms with Gasteiger partial charge in [-0.05, 0) is 47.5 Å². The summed E-state index contributed by atoms with van der Waals surface area (Å²) in [4.78, 5) is 26.3. The van der Waals surface area contributed by atoms with Crippen LogP contribution in [0, 0.1) is 5.82 Å². The van der Waals surface area contributed by atoms with Gasteiger partial charge in [-0.1, -0.05) is 30.3 Å². The highest BCUT2D eigenvalue weighted by Gasteiger charge is 2.20. The van der Waals surface area contributed by atoms with Crippen LogP contribution in [0.25, 0.3) is 0 Å². The van der Waals surface area contributed by atoms with E-state index < -0.39 is 0 Å². The van der Waals surface area contributed by atoms with Crippen molar-refractivity contribution >= 4 is 17.5 Å². The van der Waals surface area contributed by atoms with Crippen LogP contribution in [0.4, 0.5) is 10.1 Å². The molecule has 0 saturated carbocycles. The summed E-state index contributed by atoms with van der Waals surface area (Å²) in [6.07, 6.45) is 3.29. The Kier molecular flexibility index (Phi) is 6.58. The molecular formula is C23H21FN2O3. The molecule has 0 bridgehead atoms. The van der Waals surface area contributed by atoms with Crippen LogP contribution >= 0.6 is 0 Å². The largest absolute Gasteiger partial charge is 0.459 e. The number of nitrogens with one attached hydrogen (secondary N) is 1. The lowest BCUT2D eigenvalue weighted by molar-refractivity contribution is -0.120. The third kappa shape index (κ3) is 5.42. The van der Waals surface area contributed by atoms with Crippen molar-refractivity contribution < 1.29 is 18.4 Å². The minimum absolute atomic E-state index is 0.104. The van der Waals surface area contributed by atoms with Crippen LogP contribution in [0.15, 0.2) is 84.0 Å². The van der Waals surface area contributed by atoms with Crippen LogP contribution < -0.4 is 10.2 Å². The Bertz CT molecular complexity index is 964. The van der Waals surface area contributed by atoms with Crippen LogP contribution in [0.5, 0.6) is 0 Å². The van der Waals surface area contributed by atoms with Crippen LogP contribution in [0.1, 0.15) is 21.7 Å². The van der Waals surface area contributed by atoms with Crippen molar-refractivity contribution in [3.63, 3.8) is 0 Å². The fourth-order valence-corrected chi connectivity index (χ4v) is 2.81. The third-order valence-corrected chi connectivity index (χ3v) is 4.29. The molecule has 0 saturated heterocycles. The van der Waals surface area contributed by atoms with Crippen LogP contribution in [-0.4, -0.2) is 18.4 Å². The Morgan fingerprint density at radius 2 is 1.72 bits per heavy atom. The van der Waals surface area contributed by atoms with Gasteiger partial charge in [0.2, 0.25) is 5.91 Å². The standard InChI is InChI=1S/C23H21FN2O3/c1-2-13-25-22(27)15-17-7-11-20(12-8-17)26(23(28)21-4-3-14-29-21)16-18-5-9-19(24)10-6-18/h2-12,14H,1,13,15-16H2,(H,25,27). The lowest BCUT2D eigenvalue weighted by atomic mass is 10.1. The number of halogens is 1. The van der Waals surface area contributed by atoms with Gasteiger partial charge in [0.25, 0.3) is 5.91 Å². The van der Waals surface area contributed by atoms with Crippen LogP contribution in [-0.2, 0) is 17.8 Å². The highest BCUT2D eigenvalue weighted by Crippen LogP contribution is 2.22. The lowest BCUT2D eigenvalue weighted by Crippen LogP contribution is -2.30. The Morgan fingerprint density at radius 1 is 1.03 bits per heavy atom. The number of carbonyl (C=O) groups excluding carboxylic acids is 2. The maximum atomic E-state index is 13.2. The van der Waals surface area contributed by atoms with Gasteiger partial charge in [0.1, 0.15) is 5.82 Å². The van der Waals surface area contributed by atoms with Crippen molar-refractivity contribution in [2.75, 3.05) is 11.4 Å². The summed E-state index contributed by atoms with van der Waals surface area (Å²) >= 11 is 0. The van der Waals surface area contributed by atoms with Crippen LogP contribution in [0.2, 0.25) is 0 Å². The number of hydrogen-bond acceptors (Lipinski definition) is 3. The Morgan fingerprint density at radius 3 is 2.34 bits per heavy atom. The average molecular weight is 392 g/mol. The molecule has 29 heavy (non-hydrogen) atoms. The van der Waals surface area contributed by atoms with Gasteiger partial charge in [-0.3, -0.25) is 9.59 Å². The molecule has 5 nitrogen and oxygen atoms in total. The summed E-state index contributed by atoms with van der Waals surface area (Å²) in [5, 5.41) is 2.73. The molecule has 2 amide bonds. The molecule has 0 aliphatic heterocycles. The maximum absolute atomic E-state index is 13.2. The molecule has 0 unspecified atom stereocenters. The fraction of sp³-hybridized carbons (Fsp3) is 0.130. The van der Waals surface area contributed by atoms with Crippen molar-refractivity contribution in [2.24, 2.45) is 0 Å². The van der Waals surface area contributed by atoms with E-state index >= 15 is 0 Å². The lowest BCUT2D eigenvalue weighted by Gasteiger charge is -2.22. The third-order valence-electron chi connectivity index (χ3n) is 4.29. The van der Waals surface area contributed by atoms with Gasteiger partial charge in [0, 0.05) is 12.2 Å². The first-order valence-corrected chi connectivity index (χ1v) is 9.13. The summed E-state index contributed by atoms with van der Waals surface area (Å²) in [7, 11) is 0. The highest BCUT2D eigenvalue weighted by atomic mass is 19.1. The summed E-state index contributed by atoms with van der Waals surface area (Å²) in [5.74, 6) is -0.542. The van der Waals surface area contributed by atoms with Crippen molar-refractivity contribution in [2.45, 2.75) is 13.0 Å². The molecule has 0 spiro atoms. The maximum Gasteiger partial charge on any atom is 0.294 e. The van der Waals surface area contributed by atoms with Crippen LogP contribution in [0.3, 0.4) is 0 Å². The number of furan rings is 1. The smallest absolute Gasteiger partial charge is 0.294 e. The second-order valence-electron chi connectivity index (χ2n) is 6.43. The van der Waals surface area contributed by atoms with Gasteiger partial charge in [-0.2, -0.15) is 0 Å². The van der Waals surface area contributed by atoms with E-state index in [0.717, 1.165) is 11.1 Å². The highest BCUT2D eigenvalue weighted by molar-refractivity contribution is 6.04. The number of carbonyl (C=O) groups is 2. The molecule has 1 aromatic heterocycles. The van der Waals surface area contributed by atoms with E-state index in [1.54, 1.807) is 59.5 Å². The number of nitrogens with zero attached hydrogens (tertiary/aromatic N) is 1.